The van der Waals surface area contributed by atoms with E-state index in [1.807, 2.05) is 0 Å². The van der Waals surface area contributed by atoms with Gasteiger partial charge >= 0.3 is 120 Å². The van der Waals surface area contributed by atoms with Crippen molar-refractivity contribution in [1.82, 2.24) is 0 Å². The van der Waals surface area contributed by atoms with E-state index in [0.29, 0.717) is 0 Å². The molecule has 0 saturated heterocycles. The summed E-state index contributed by atoms with van der Waals surface area (Å²) in [6, 6.07) is 9.62. The Morgan fingerprint density at radius 2 is 1.24 bits per heavy atom. The molecule has 108 valence electrons. The number of nitro groups is 2. The molecule has 2 aromatic carbocycles. The molecular formula is C12H9AsN2O6. The Bertz CT molecular complexity index is 714. The van der Waals surface area contributed by atoms with Crippen molar-refractivity contribution >= 4 is 33.9 Å². The van der Waals surface area contributed by atoms with Crippen LogP contribution in [0.1, 0.15) is 0 Å². The number of nitrogens with zero attached hydrogens (tertiary/aromatic N) is 2. The van der Waals surface area contributed by atoms with Crippen LogP contribution in [-0.2, 0) is 3.74 Å². The molecule has 2 rings (SSSR count). The fourth-order valence-electron chi connectivity index (χ4n) is 1.74. The molecule has 0 spiro atoms. The maximum atomic E-state index is 12.5. The van der Waals surface area contributed by atoms with Gasteiger partial charge in [-0.1, -0.05) is 0 Å². The van der Waals surface area contributed by atoms with Crippen molar-refractivity contribution in [3.8, 4) is 0 Å². The Kier molecular flexibility index (Phi) is 3.92. The molecule has 0 atom stereocenters. The summed E-state index contributed by atoms with van der Waals surface area (Å²) in [6.07, 6.45) is 0. The minimum atomic E-state index is -4.86. The van der Waals surface area contributed by atoms with Crippen LogP contribution in [0.3, 0.4) is 0 Å². The van der Waals surface area contributed by atoms with Gasteiger partial charge in [0.05, 0.1) is 0 Å². The molecule has 0 saturated carbocycles. The zero-order chi connectivity index (χ0) is 15.6. The number of non-ortho nitro benzene ring substituents is 2. The number of nitro benzene ring substituents is 2. The Morgan fingerprint density at radius 1 is 0.857 bits per heavy atom. The normalized spacial score (nSPS) is 11.1. The molecule has 9 heteroatoms. The van der Waals surface area contributed by atoms with Crippen LogP contribution in [0.2, 0.25) is 0 Å². The van der Waals surface area contributed by atoms with E-state index in [1.54, 1.807) is 0 Å². The van der Waals surface area contributed by atoms with Gasteiger partial charge < -0.3 is 0 Å². The Hall–Kier alpha value is -2.44. The van der Waals surface area contributed by atoms with Crippen molar-refractivity contribution in [3.05, 3.63) is 68.8 Å². The first-order valence-electron chi connectivity index (χ1n) is 5.65. The van der Waals surface area contributed by atoms with Crippen LogP contribution in [0.15, 0.2) is 48.5 Å². The van der Waals surface area contributed by atoms with Crippen molar-refractivity contribution in [2.45, 2.75) is 0 Å². The SMILES string of the molecule is O=[N+]([O-])c1cccc([As](=O)(O)c2cccc([N+](=O)[O-])c2)c1. The average Bonchev–Trinajstić information content (AvgIpc) is 2.47. The summed E-state index contributed by atoms with van der Waals surface area (Å²) in [5.41, 5.74) is -0.623. The van der Waals surface area contributed by atoms with Gasteiger partial charge in [0.15, 0.2) is 0 Å². The van der Waals surface area contributed by atoms with Gasteiger partial charge in [-0.3, -0.25) is 0 Å². The summed E-state index contributed by atoms with van der Waals surface area (Å²) in [5, 5.41) is 21.4. The third-order valence-electron chi connectivity index (χ3n) is 2.78. The van der Waals surface area contributed by atoms with Crippen molar-refractivity contribution in [1.29, 1.82) is 0 Å². The minimum absolute atomic E-state index is 0.0946. The fourth-order valence-corrected chi connectivity index (χ4v) is 4.86. The molecule has 1 N–H and O–H groups in total. The summed E-state index contributed by atoms with van der Waals surface area (Å²) in [4.78, 5) is 20.1. The summed E-state index contributed by atoms with van der Waals surface area (Å²) >= 11 is -4.86. The maximum absolute atomic E-state index is 12.5. The molecule has 0 fully saturated rings. The van der Waals surface area contributed by atoms with Crippen LogP contribution in [-0.4, -0.2) is 27.8 Å². The molecule has 21 heavy (non-hydrogen) atoms. The average molecular weight is 352 g/mol. The third kappa shape index (κ3) is 3.01. The molecule has 0 aliphatic carbocycles. The monoisotopic (exact) mass is 352 g/mol. The fraction of sp³-hybridized carbons (Fsp3) is 0. The molecule has 0 heterocycles. The van der Waals surface area contributed by atoms with Crippen molar-refractivity contribution in [2.75, 3.05) is 0 Å². The Balaban J connectivity index is 2.54. The molecule has 0 bridgehead atoms. The Labute approximate surface area is 121 Å². The van der Waals surface area contributed by atoms with E-state index < -0.39 is 23.7 Å². The molecule has 0 aliphatic heterocycles. The second-order valence-corrected chi connectivity index (χ2v) is 8.71. The summed E-state index contributed by atoms with van der Waals surface area (Å²) in [5.74, 6) is 0. The molecule has 0 unspecified atom stereocenters. The second-order valence-electron chi connectivity index (χ2n) is 4.13. The van der Waals surface area contributed by atoms with Gasteiger partial charge in [-0.05, 0) is 0 Å². The van der Waals surface area contributed by atoms with Crippen molar-refractivity contribution < 1.29 is 17.7 Å². The van der Waals surface area contributed by atoms with Crippen LogP contribution in [0.4, 0.5) is 11.4 Å². The van der Waals surface area contributed by atoms with E-state index in [1.165, 1.54) is 36.4 Å². The molecular weight excluding hydrogens is 343 g/mol. The van der Waals surface area contributed by atoms with Crippen LogP contribution in [0.25, 0.3) is 0 Å². The molecule has 2 aromatic rings. The first-order valence-corrected chi connectivity index (χ1v) is 9.13. The van der Waals surface area contributed by atoms with Crippen molar-refractivity contribution in [2.24, 2.45) is 0 Å². The number of benzene rings is 2. The first-order chi connectivity index (χ1) is 9.82. The van der Waals surface area contributed by atoms with E-state index in [0.717, 1.165) is 12.1 Å². The quantitative estimate of drug-likeness (QED) is 0.485. The standard InChI is InChI=1S/C12H9AsN2O6/c16-13(17,9-3-1-5-11(7-9)14(18)19)10-4-2-6-12(8-10)15(20)21/h1-8H,(H,16,17). The number of rotatable bonds is 4. The van der Waals surface area contributed by atoms with E-state index in [4.69, 9.17) is 0 Å². The van der Waals surface area contributed by atoms with E-state index >= 15 is 0 Å². The molecule has 0 aromatic heterocycles. The Morgan fingerprint density at radius 3 is 1.57 bits per heavy atom. The molecule has 8 nitrogen and oxygen atoms in total. The first kappa shape index (κ1) is 15.0. The summed E-state index contributed by atoms with van der Waals surface area (Å²) in [7, 11) is 0. The molecule has 0 amide bonds. The molecule has 0 radical (unpaired) electrons. The van der Waals surface area contributed by atoms with E-state index in [-0.39, 0.29) is 20.1 Å². The third-order valence-corrected chi connectivity index (χ3v) is 6.89. The molecule has 0 aliphatic rings. The van der Waals surface area contributed by atoms with E-state index in [2.05, 4.69) is 0 Å². The number of hydrogen-bond donors (Lipinski definition) is 1. The van der Waals surface area contributed by atoms with Crippen LogP contribution >= 0.6 is 0 Å². The van der Waals surface area contributed by atoms with Gasteiger partial charge in [-0.2, -0.15) is 0 Å². The van der Waals surface area contributed by atoms with Crippen LogP contribution in [0.5, 0.6) is 0 Å². The van der Waals surface area contributed by atoms with Gasteiger partial charge in [0, 0.05) is 0 Å². The zero-order valence-electron chi connectivity index (χ0n) is 10.4. The van der Waals surface area contributed by atoms with Gasteiger partial charge in [0.1, 0.15) is 0 Å². The van der Waals surface area contributed by atoms with Crippen molar-refractivity contribution in [3.63, 3.8) is 0 Å². The predicted octanol–water partition coefficient (Wildman–Crippen LogP) is 0.482. The van der Waals surface area contributed by atoms with Gasteiger partial charge in [0.2, 0.25) is 0 Å². The topological polar surface area (TPSA) is 124 Å². The van der Waals surface area contributed by atoms with E-state index in [9.17, 15) is 28.1 Å². The summed E-state index contributed by atoms with van der Waals surface area (Å²) in [6.45, 7) is 0. The van der Waals surface area contributed by atoms with Gasteiger partial charge in [-0.15, -0.1) is 0 Å². The predicted molar refractivity (Wildman–Crippen MR) is 74.1 cm³/mol. The second kappa shape index (κ2) is 5.51. The van der Waals surface area contributed by atoms with Gasteiger partial charge in [0.25, 0.3) is 0 Å². The van der Waals surface area contributed by atoms with Crippen LogP contribution in [0, 0.1) is 20.2 Å². The summed E-state index contributed by atoms with van der Waals surface area (Å²) < 4.78 is 22.6. The van der Waals surface area contributed by atoms with Gasteiger partial charge in [-0.25, -0.2) is 0 Å². The zero-order valence-corrected chi connectivity index (χ0v) is 12.3. The van der Waals surface area contributed by atoms with Crippen LogP contribution < -0.4 is 8.70 Å². The number of hydrogen-bond acceptors (Lipinski definition) is 5.